The molecule has 1 aliphatic heterocycles. The SMILES string of the molecule is O=C(CCCOc1ccc2c(c1)CCC(=O)N2)Nc1ccc(F)c(C(F)(F)F)c1. The molecule has 29 heavy (non-hydrogen) atoms. The van der Waals surface area contributed by atoms with Gasteiger partial charge in [-0.25, -0.2) is 4.39 Å². The fraction of sp³-hybridized carbons (Fsp3) is 0.300. The largest absolute Gasteiger partial charge is 0.494 e. The molecule has 0 aromatic heterocycles. The number of alkyl halides is 3. The number of aryl methyl sites for hydroxylation is 1. The monoisotopic (exact) mass is 410 g/mol. The van der Waals surface area contributed by atoms with Gasteiger partial charge in [0.2, 0.25) is 11.8 Å². The number of fused-ring (bicyclic) bond motifs is 1. The molecule has 5 nitrogen and oxygen atoms in total. The van der Waals surface area contributed by atoms with E-state index >= 15 is 0 Å². The van der Waals surface area contributed by atoms with Gasteiger partial charge in [0.15, 0.2) is 0 Å². The molecule has 2 aromatic carbocycles. The molecule has 3 rings (SSSR count). The topological polar surface area (TPSA) is 67.4 Å². The number of halogens is 4. The molecule has 9 heteroatoms. The molecule has 0 atom stereocenters. The summed E-state index contributed by atoms with van der Waals surface area (Å²) >= 11 is 0. The van der Waals surface area contributed by atoms with Crippen LogP contribution in [0.25, 0.3) is 0 Å². The fourth-order valence-electron chi connectivity index (χ4n) is 2.92. The van der Waals surface area contributed by atoms with Crippen LogP contribution in [0.5, 0.6) is 5.75 Å². The van der Waals surface area contributed by atoms with Crippen LogP contribution >= 0.6 is 0 Å². The highest BCUT2D eigenvalue weighted by atomic mass is 19.4. The molecule has 0 radical (unpaired) electrons. The Hall–Kier alpha value is -3.10. The highest BCUT2D eigenvalue weighted by Crippen LogP contribution is 2.33. The third kappa shape index (κ3) is 5.46. The van der Waals surface area contributed by atoms with E-state index < -0.39 is 23.5 Å². The quantitative estimate of drug-likeness (QED) is 0.543. The second kappa shape index (κ2) is 8.50. The predicted octanol–water partition coefficient (Wildman–Crippen LogP) is 4.53. The number of carbonyl (C=O) groups excluding carboxylic acids is 2. The molecule has 0 saturated carbocycles. The standard InChI is InChI=1S/C20H18F4N2O3/c21-16-6-4-13(11-15(16)20(22,23)24)25-18(27)2-1-9-29-14-5-7-17-12(10-14)3-8-19(28)26-17/h4-7,10-11H,1-3,8-9H2,(H,25,27)(H,26,28). The van der Waals surface area contributed by atoms with E-state index in [4.69, 9.17) is 4.74 Å². The molecule has 2 N–H and O–H groups in total. The smallest absolute Gasteiger partial charge is 0.419 e. The molecule has 0 saturated heterocycles. The summed E-state index contributed by atoms with van der Waals surface area (Å²) in [5.74, 6) is -1.32. The maximum Gasteiger partial charge on any atom is 0.419 e. The van der Waals surface area contributed by atoms with E-state index in [2.05, 4.69) is 10.6 Å². The molecule has 154 valence electrons. The molecule has 2 aromatic rings. The average Bonchev–Trinajstić information content (AvgIpc) is 2.66. The number of hydrogen-bond donors (Lipinski definition) is 2. The lowest BCUT2D eigenvalue weighted by molar-refractivity contribution is -0.140. The van der Waals surface area contributed by atoms with Gasteiger partial charge in [0.05, 0.1) is 12.2 Å². The Labute approximate surface area is 164 Å². The van der Waals surface area contributed by atoms with Gasteiger partial charge >= 0.3 is 6.18 Å². The number of rotatable bonds is 6. The fourth-order valence-corrected chi connectivity index (χ4v) is 2.92. The van der Waals surface area contributed by atoms with Gasteiger partial charge in [-0.05, 0) is 54.8 Å². The van der Waals surface area contributed by atoms with E-state index in [1.807, 2.05) is 6.07 Å². The molecule has 1 aliphatic rings. The number of benzene rings is 2. The summed E-state index contributed by atoms with van der Waals surface area (Å²) in [6.07, 6.45) is -3.43. The summed E-state index contributed by atoms with van der Waals surface area (Å²) in [5, 5.41) is 5.09. The first-order valence-electron chi connectivity index (χ1n) is 8.94. The molecular formula is C20H18F4N2O3. The third-order valence-corrected chi connectivity index (χ3v) is 4.34. The van der Waals surface area contributed by atoms with E-state index in [0.717, 1.165) is 17.3 Å². The first kappa shape index (κ1) is 20.6. The zero-order chi connectivity index (χ0) is 21.0. The van der Waals surface area contributed by atoms with Crippen LogP contribution in [0.4, 0.5) is 28.9 Å². The lowest BCUT2D eigenvalue weighted by Crippen LogP contribution is -2.18. The van der Waals surface area contributed by atoms with E-state index in [0.29, 0.717) is 37.1 Å². The van der Waals surface area contributed by atoms with E-state index in [1.165, 1.54) is 0 Å². The maximum atomic E-state index is 13.3. The molecule has 1 heterocycles. The van der Waals surface area contributed by atoms with Crippen molar-refractivity contribution in [3.63, 3.8) is 0 Å². The molecule has 0 fully saturated rings. The summed E-state index contributed by atoms with van der Waals surface area (Å²) in [6, 6.07) is 7.59. The van der Waals surface area contributed by atoms with Gasteiger partial charge in [-0.15, -0.1) is 0 Å². The Morgan fingerprint density at radius 1 is 1.14 bits per heavy atom. The van der Waals surface area contributed by atoms with Crippen LogP contribution in [0.3, 0.4) is 0 Å². The second-order valence-corrected chi connectivity index (χ2v) is 6.56. The highest BCUT2D eigenvalue weighted by molar-refractivity contribution is 5.94. The number of ether oxygens (including phenoxy) is 1. The minimum absolute atomic E-state index is 0.0271. The van der Waals surface area contributed by atoms with Gasteiger partial charge in [0.25, 0.3) is 0 Å². The van der Waals surface area contributed by atoms with Crippen LogP contribution in [0, 0.1) is 5.82 Å². The molecular weight excluding hydrogens is 392 g/mol. The van der Waals surface area contributed by atoms with Gasteiger partial charge in [0.1, 0.15) is 11.6 Å². The first-order chi connectivity index (χ1) is 13.7. The number of carbonyl (C=O) groups is 2. The van der Waals surface area contributed by atoms with Crippen molar-refractivity contribution in [1.82, 2.24) is 0 Å². The van der Waals surface area contributed by atoms with E-state index in [1.54, 1.807) is 12.1 Å². The van der Waals surface area contributed by atoms with E-state index in [9.17, 15) is 27.2 Å². The number of anilines is 2. The molecule has 2 amide bonds. The van der Waals surface area contributed by atoms with Crippen molar-refractivity contribution in [3.8, 4) is 5.75 Å². The highest BCUT2D eigenvalue weighted by Gasteiger charge is 2.34. The van der Waals surface area contributed by atoms with Crippen LogP contribution in [-0.2, 0) is 22.2 Å². The Morgan fingerprint density at radius 3 is 2.69 bits per heavy atom. The van der Waals surface area contributed by atoms with Gasteiger partial charge in [-0.1, -0.05) is 0 Å². The van der Waals surface area contributed by atoms with E-state index in [-0.39, 0.29) is 24.6 Å². The molecule has 0 spiro atoms. The summed E-state index contributed by atoms with van der Waals surface area (Å²) in [7, 11) is 0. The Balaban J connectivity index is 1.47. The zero-order valence-corrected chi connectivity index (χ0v) is 15.2. The number of hydrogen-bond acceptors (Lipinski definition) is 3. The number of nitrogens with one attached hydrogen (secondary N) is 2. The van der Waals surface area contributed by atoms with Gasteiger partial charge in [-0.2, -0.15) is 13.2 Å². The van der Waals surface area contributed by atoms with Crippen LogP contribution in [0.1, 0.15) is 30.4 Å². The van der Waals surface area contributed by atoms with Crippen LogP contribution in [-0.4, -0.2) is 18.4 Å². The van der Waals surface area contributed by atoms with Crippen molar-refractivity contribution < 1.29 is 31.9 Å². The van der Waals surface area contributed by atoms with Crippen molar-refractivity contribution in [2.75, 3.05) is 17.2 Å². The minimum Gasteiger partial charge on any atom is -0.494 e. The van der Waals surface area contributed by atoms with Crippen LogP contribution < -0.4 is 15.4 Å². The molecule has 0 aliphatic carbocycles. The van der Waals surface area contributed by atoms with Crippen LogP contribution in [0.2, 0.25) is 0 Å². The average molecular weight is 410 g/mol. The Kier molecular flexibility index (Phi) is 6.05. The Morgan fingerprint density at radius 2 is 1.93 bits per heavy atom. The van der Waals surface area contributed by atoms with Gasteiger partial charge in [0, 0.05) is 24.2 Å². The number of amides is 2. The lowest BCUT2D eigenvalue weighted by Gasteiger charge is -2.17. The third-order valence-electron chi connectivity index (χ3n) is 4.34. The van der Waals surface area contributed by atoms with Crippen molar-refractivity contribution in [3.05, 3.63) is 53.3 Å². The minimum atomic E-state index is -4.84. The summed E-state index contributed by atoms with van der Waals surface area (Å²) in [6.45, 7) is 0.232. The second-order valence-electron chi connectivity index (χ2n) is 6.56. The molecule has 0 unspecified atom stereocenters. The van der Waals surface area contributed by atoms with Crippen molar-refractivity contribution in [1.29, 1.82) is 0 Å². The Bertz CT molecular complexity index is 928. The summed E-state index contributed by atoms with van der Waals surface area (Å²) in [4.78, 5) is 23.3. The molecule has 0 bridgehead atoms. The summed E-state index contributed by atoms with van der Waals surface area (Å²) < 4.78 is 57.0. The summed E-state index contributed by atoms with van der Waals surface area (Å²) in [5.41, 5.74) is 0.172. The van der Waals surface area contributed by atoms with Crippen molar-refractivity contribution >= 4 is 23.2 Å². The van der Waals surface area contributed by atoms with Crippen LogP contribution in [0.15, 0.2) is 36.4 Å². The maximum absolute atomic E-state index is 13.3. The van der Waals surface area contributed by atoms with Crippen molar-refractivity contribution in [2.45, 2.75) is 31.9 Å². The zero-order valence-electron chi connectivity index (χ0n) is 15.2. The first-order valence-corrected chi connectivity index (χ1v) is 8.94. The lowest BCUT2D eigenvalue weighted by atomic mass is 10.0. The van der Waals surface area contributed by atoms with Gasteiger partial charge in [-0.3, -0.25) is 9.59 Å². The normalized spacial score (nSPS) is 13.4. The van der Waals surface area contributed by atoms with Crippen molar-refractivity contribution in [2.24, 2.45) is 0 Å². The van der Waals surface area contributed by atoms with Gasteiger partial charge < -0.3 is 15.4 Å². The predicted molar refractivity (Wildman–Crippen MR) is 98.2 cm³/mol.